The molecule has 3 aliphatic rings. The molecule has 0 aliphatic heterocycles. The van der Waals surface area contributed by atoms with Gasteiger partial charge in [-0.2, -0.15) is 0 Å². The van der Waals surface area contributed by atoms with Gasteiger partial charge in [-0.25, -0.2) is 0 Å². The van der Waals surface area contributed by atoms with Crippen LogP contribution >= 0.6 is 0 Å². The minimum Gasteiger partial charge on any atom is -0.465 e. The number of esters is 2. The van der Waals surface area contributed by atoms with Gasteiger partial charge in [-0.15, -0.1) is 0 Å². The molecule has 4 heteroatoms. The summed E-state index contributed by atoms with van der Waals surface area (Å²) in [6.07, 6.45) is 9.36. The number of hydrogen-bond donors (Lipinski definition) is 0. The van der Waals surface area contributed by atoms with Crippen LogP contribution in [-0.2, 0) is 19.1 Å². The number of fused-ring (bicyclic) bond motifs is 5. The third-order valence-corrected chi connectivity index (χ3v) is 4.67. The van der Waals surface area contributed by atoms with Gasteiger partial charge in [-0.3, -0.25) is 9.59 Å². The van der Waals surface area contributed by atoms with Gasteiger partial charge in [0.2, 0.25) is 0 Å². The fourth-order valence-electron chi connectivity index (χ4n) is 4.00. The summed E-state index contributed by atoms with van der Waals surface area (Å²) in [6, 6.07) is 0. The van der Waals surface area contributed by atoms with Crippen molar-refractivity contribution in [3.63, 3.8) is 0 Å². The Morgan fingerprint density at radius 1 is 1.21 bits per heavy atom. The number of carbonyl (C=O) groups is 2. The zero-order valence-electron chi connectivity index (χ0n) is 11.2. The van der Waals surface area contributed by atoms with E-state index >= 15 is 0 Å². The van der Waals surface area contributed by atoms with Crippen molar-refractivity contribution in [3.8, 4) is 0 Å². The van der Waals surface area contributed by atoms with E-state index in [4.69, 9.17) is 9.47 Å². The number of carbonyl (C=O) groups excluding carboxylic acids is 2. The van der Waals surface area contributed by atoms with Gasteiger partial charge in [0.25, 0.3) is 0 Å². The standard InChI is InChI=1S/C15H18O4/c1-9(16)18-8-15-6-5-13(19-10(2)17)14(15)11-3-4-12(15)7-11/h3-6,11-14H,7-8H2,1-2H3/t11?,12?,13-,14?,15+/m0/s1. The molecule has 3 rings (SSSR count). The van der Waals surface area contributed by atoms with Crippen LogP contribution in [-0.4, -0.2) is 24.6 Å². The zero-order valence-corrected chi connectivity index (χ0v) is 11.2. The predicted octanol–water partition coefficient (Wildman–Crippen LogP) is 1.86. The van der Waals surface area contributed by atoms with Gasteiger partial charge >= 0.3 is 11.9 Å². The maximum absolute atomic E-state index is 11.2. The van der Waals surface area contributed by atoms with E-state index in [1.54, 1.807) is 0 Å². The van der Waals surface area contributed by atoms with E-state index in [1.807, 2.05) is 6.08 Å². The van der Waals surface area contributed by atoms with Crippen LogP contribution in [0.15, 0.2) is 24.3 Å². The van der Waals surface area contributed by atoms with Gasteiger partial charge in [-0.1, -0.05) is 18.2 Å². The Kier molecular flexibility index (Phi) is 2.77. The highest BCUT2D eigenvalue weighted by molar-refractivity contribution is 5.67. The first-order chi connectivity index (χ1) is 9.03. The van der Waals surface area contributed by atoms with Gasteiger partial charge in [0.15, 0.2) is 0 Å². The van der Waals surface area contributed by atoms with Crippen molar-refractivity contribution in [3.05, 3.63) is 24.3 Å². The van der Waals surface area contributed by atoms with Crippen LogP contribution in [0.5, 0.6) is 0 Å². The normalized spacial score (nSPS) is 41.4. The number of hydrogen-bond acceptors (Lipinski definition) is 4. The summed E-state index contributed by atoms with van der Waals surface area (Å²) in [7, 11) is 0. The fourth-order valence-corrected chi connectivity index (χ4v) is 4.00. The first-order valence-corrected chi connectivity index (χ1v) is 6.71. The Morgan fingerprint density at radius 3 is 2.68 bits per heavy atom. The van der Waals surface area contributed by atoms with Crippen LogP contribution in [0.4, 0.5) is 0 Å². The second-order valence-electron chi connectivity index (χ2n) is 5.74. The Morgan fingerprint density at radius 2 is 2.00 bits per heavy atom. The molecule has 0 aromatic carbocycles. The zero-order chi connectivity index (χ0) is 13.6. The molecule has 0 spiro atoms. The summed E-state index contributed by atoms with van der Waals surface area (Å²) in [5.74, 6) is 0.498. The molecule has 0 radical (unpaired) electrons. The van der Waals surface area contributed by atoms with Crippen molar-refractivity contribution in [2.45, 2.75) is 26.4 Å². The predicted molar refractivity (Wildman–Crippen MR) is 68.0 cm³/mol. The van der Waals surface area contributed by atoms with Crippen LogP contribution in [0.2, 0.25) is 0 Å². The highest BCUT2D eigenvalue weighted by Crippen LogP contribution is 2.61. The van der Waals surface area contributed by atoms with E-state index in [9.17, 15) is 9.59 Å². The van der Waals surface area contributed by atoms with Crippen molar-refractivity contribution < 1.29 is 19.1 Å². The van der Waals surface area contributed by atoms with Gasteiger partial charge in [0, 0.05) is 25.2 Å². The molecular formula is C15H18O4. The Balaban J connectivity index is 1.85. The summed E-state index contributed by atoms with van der Waals surface area (Å²) < 4.78 is 10.7. The molecule has 3 aliphatic carbocycles. The highest BCUT2D eigenvalue weighted by atomic mass is 16.5. The largest absolute Gasteiger partial charge is 0.465 e. The molecule has 4 nitrogen and oxygen atoms in total. The fraction of sp³-hybridized carbons (Fsp3) is 0.600. The van der Waals surface area contributed by atoms with E-state index in [2.05, 4.69) is 18.2 Å². The molecule has 0 N–H and O–H groups in total. The van der Waals surface area contributed by atoms with Crippen molar-refractivity contribution in [2.24, 2.45) is 23.2 Å². The van der Waals surface area contributed by atoms with Gasteiger partial charge in [0.1, 0.15) is 12.7 Å². The first kappa shape index (κ1) is 12.5. The lowest BCUT2D eigenvalue weighted by Gasteiger charge is -2.37. The molecule has 0 aromatic heterocycles. The van der Waals surface area contributed by atoms with E-state index in [-0.39, 0.29) is 29.4 Å². The van der Waals surface area contributed by atoms with Gasteiger partial charge in [-0.05, 0) is 24.3 Å². The van der Waals surface area contributed by atoms with E-state index in [0.717, 1.165) is 6.42 Å². The molecule has 19 heavy (non-hydrogen) atoms. The smallest absolute Gasteiger partial charge is 0.303 e. The Hall–Kier alpha value is -1.58. The number of rotatable bonds is 3. The molecule has 0 saturated heterocycles. The molecule has 2 bridgehead atoms. The average Bonchev–Trinajstić information content (AvgIpc) is 2.98. The summed E-state index contributed by atoms with van der Waals surface area (Å²) in [5, 5.41) is 0. The third kappa shape index (κ3) is 1.81. The molecule has 5 atom stereocenters. The van der Waals surface area contributed by atoms with Crippen molar-refractivity contribution in [2.75, 3.05) is 6.61 Å². The lowest BCUT2D eigenvalue weighted by molar-refractivity contribution is -0.152. The second-order valence-corrected chi connectivity index (χ2v) is 5.74. The summed E-state index contributed by atoms with van der Waals surface area (Å²) in [5.41, 5.74) is -0.175. The third-order valence-electron chi connectivity index (χ3n) is 4.67. The lowest BCUT2D eigenvalue weighted by atomic mass is 9.70. The average molecular weight is 262 g/mol. The van der Waals surface area contributed by atoms with E-state index in [1.165, 1.54) is 13.8 Å². The summed E-state index contributed by atoms with van der Waals surface area (Å²) >= 11 is 0. The molecule has 0 amide bonds. The second kappa shape index (κ2) is 4.22. The molecule has 1 fully saturated rings. The summed E-state index contributed by atoms with van der Waals surface area (Å²) in [4.78, 5) is 22.3. The van der Waals surface area contributed by atoms with Crippen LogP contribution in [0.1, 0.15) is 20.3 Å². The Labute approximate surface area is 112 Å². The molecule has 102 valence electrons. The van der Waals surface area contributed by atoms with Gasteiger partial charge in [0.05, 0.1) is 0 Å². The molecule has 1 saturated carbocycles. The van der Waals surface area contributed by atoms with E-state index in [0.29, 0.717) is 18.4 Å². The lowest BCUT2D eigenvalue weighted by Crippen LogP contribution is -2.40. The highest BCUT2D eigenvalue weighted by Gasteiger charge is 2.60. The molecule has 0 aromatic rings. The topological polar surface area (TPSA) is 52.6 Å². The molecule has 0 heterocycles. The molecule has 3 unspecified atom stereocenters. The number of ether oxygens (including phenoxy) is 2. The maximum atomic E-state index is 11.2. The summed E-state index contributed by atoms with van der Waals surface area (Å²) in [6.45, 7) is 3.24. The minimum absolute atomic E-state index is 0.175. The van der Waals surface area contributed by atoms with Crippen LogP contribution in [0.25, 0.3) is 0 Å². The number of allylic oxidation sites excluding steroid dienone is 2. The van der Waals surface area contributed by atoms with Crippen LogP contribution < -0.4 is 0 Å². The van der Waals surface area contributed by atoms with Crippen molar-refractivity contribution in [1.29, 1.82) is 0 Å². The SMILES string of the molecule is CC(=O)OC[C@@]12C=C[C@H](OC(C)=O)C1C1C=CC2C1. The minimum atomic E-state index is -0.260. The monoisotopic (exact) mass is 262 g/mol. The van der Waals surface area contributed by atoms with Crippen molar-refractivity contribution >= 4 is 11.9 Å². The van der Waals surface area contributed by atoms with Gasteiger partial charge < -0.3 is 9.47 Å². The quantitative estimate of drug-likeness (QED) is 0.575. The maximum Gasteiger partial charge on any atom is 0.303 e. The molecular weight excluding hydrogens is 244 g/mol. The van der Waals surface area contributed by atoms with E-state index < -0.39 is 0 Å². The van der Waals surface area contributed by atoms with Crippen LogP contribution in [0.3, 0.4) is 0 Å². The van der Waals surface area contributed by atoms with Crippen LogP contribution in [0, 0.1) is 23.2 Å². The van der Waals surface area contributed by atoms with Crippen molar-refractivity contribution in [1.82, 2.24) is 0 Å². The Bertz CT molecular complexity index is 479. The first-order valence-electron chi connectivity index (χ1n) is 6.71.